The lowest BCUT2D eigenvalue weighted by molar-refractivity contribution is -0.120. The van der Waals surface area contributed by atoms with Crippen LogP contribution in [0.2, 0.25) is 0 Å². The summed E-state index contributed by atoms with van der Waals surface area (Å²) in [7, 11) is 3.12. The first kappa shape index (κ1) is 51.5. The van der Waals surface area contributed by atoms with Crippen LogP contribution in [0.15, 0.2) is 77.3 Å². The number of carbonyl (C=O) groups excluding carboxylic acids is 4. The third-order valence-electron chi connectivity index (χ3n) is 14.3. The average Bonchev–Trinajstić information content (AvgIpc) is 3.90. The van der Waals surface area contributed by atoms with E-state index < -0.39 is 29.7 Å². The molecule has 4 atom stereocenters. The van der Waals surface area contributed by atoms with Crippen molar-refractivity contribution in [1.29, 1.82) is 0 Å². The van der Waals surface area contributed by atoms with E-state index in [1.807, 2.05) is 11.1 Å². The summed E-state index contributed by atoms with van der Waals surface area (Å²) in [5.74, 6) is 1.06. The monoisotopic (exact) mass is 962 g/mol. The average molecular weight is 962 g/mol. The van der Waals surface area contributed by atoms with E-state index in [4.69, 9.17) is 28.7 Å². The number of hydrogen-bond donors (Lipinski definition) is 3. The van der Waals surface area contributed by atoms with Crippen LogP contribution in [-0.4, -0.2) is 123 Å². The number of rotatable bonds is 20. The highest BCUT2D eigenvalue weighted by Crippen LogP contribution is 2.44. The molecule has 3 amide bonds. The largest absolute Gasteiger partial charge is 0.493 e. The van der Waals surface area contributed by atoms with Crippen LogP contribution in [0, 0.1) is 16.7 Å². The van der Waals surface area contributed by atoms with Crippen molar-refractivity contribution in [2.75, 3.05) is 57.3 Å². The van der Waals surface area contributed by atoms with Gasteiger partial charge in [-0.15, -0.1) is 0 Å². The Balaban J connectivity index is 1.02. The number of carbonyl (C=O) groups is 4. The maximum Gasteiger partial charge on any atom is 0.416 e. The first-order chi connectivity index (χ1) is 33.4. The number of amides is 3. The topological polar surface area (TPSA) is 189 Å². The molecule has 2 saturated heterocycles. The van der Waals surface area contributed by atoms with E-state index in [1.54, 1.807) is 63.4 Å². The Hall–Kier alpha value is -6.33. The summed E-state index contributed by atoms with van der Waals surface area (Å²) in [5.41, 5.74) is 3.54. The van der Waals surface area contributed by atoms with Gasteiger partial charge in [0.1, 0.15) is 12.3 Å². The van der Waals surface area contributed by atoms with Crippen molar-refractivity contribution in [3.8, 4) is 23.0 Å². The lowest BCUT2D eigenvalue weighted by Gasteiger charge is -2.32. The van der Waals surface area contributed by atoms with E-state index in [9.17, 15) is 29.4 Å². The minimum absolute atomic E-state index is 0.0322. The molecule has 3 N–H and O–H groups in total. The lowest BCUT2D eigenvalue weighted by Crippen LogP contribution is -2.50. The summed E-state index contributed by atoms with van der Waals surface area (Å²) in [5, 5.41) is 24.3. The van der Waals surface area contributed by atoms with Crippen molar-refractivity contribution in [2.45, 2.75) is 105 Å². The van der Waals surface area contributed by atoms with Crippen LogP contribution in [0.3, 0.4) is 0 Å². The summed E-state index contributed by atoms with van der Waals surface area (Å²) in [6.07, 6.45) is 5.82. The van der Waals surface area contributed by atoms with Gasteiger partial charge in [0.05, 0.1) is 62.0 Å². The highest BCUT2D eigenvalue weighted by Gasteiger charge is 2.46. The van der Waals surface area contributed by atoms with Crippen LogP contribution in [0.25, 0.3) is 0 Å². The summed E-state index contributed by atoms with van der Waals surface area (Å²) in [6.45, 7) is 17.3. The summed E-state index contributed by atoms with van der Waals surface area (Å²) < 4.78 is 30.1. The van der Waals surface area contributed by atoms with Crippen molar-refractivity contribution in [3.05, 3.63) is 89.0 Å². The number of methoxy groups -OCH3 is 2. The first-order valence-electron chi connectivity index (χ1n) is 24.2. The molecule has 4 heterocycles. The number of nitrogens with zero attached hydrogens (tertiary/aromatic N) is 4. The number of aliphatic hydroxyl groups is 2. The molecule has 16 nitrogen and oxygen atoms in total. The Morgan fingerprint density at radius 2 is 1.63 bits per heavy atom. The van der Waals surface area contributed by atoms with E-state index in [-0.39, 0.29) is 85.5 Å². The number of allylic oxidation sites excluding steroid dienone is 1. The standard InChI is InChI=1S/C53H68BN5O11/c1-10-11-12-35-22-37-27-55-40-25-45(43(66-8)23-38(40)47(61)57(37)29-35)70-31-53(6,7)33(3)17-20-68-46-26-41-39(24-44(46)67-9)48(62)58-28-32(2)21-42(58)49(63)59(41)51(65)69-30-34-13-15-36(16-14-34)56-54-50(64)52(4,5)18-19-60/h12-16,23-27,33,37,42,49,54,56,60,63H,2,10-11,17-22,28-31H2,1,3-9H3/b35-12+/t33?,37-,42-,49-/m0/s1. The molecule has 0 radical (unpaired) electrons. The van der Waals surface area contributed by atoms with Crippen LogP contribution >= 0.6 is 0 Å². The molecule has 1 unspecified atom stereocenters. The minimum Gasteiger partial charge on any atom is -0.493 e. The van der Waals surface area contributed by atoms with Crippen molar-refractivity contribution in [2.24, 2.45) is 21.7 Å². The van der Waals surface area contributed by atoms with Gasteiger partial charge in [-0.05, 0) is 67.9 Å². The van der Waals surface area contributed by atoms with Gasteiger partial charge in [0.2, 0.25) is 0 Å². The third-order valence-corrected chi connectivity index (χ3v) is 14.3. The van der Waals surface area contributed by atoms with Crippen molar-refractivity contribution in [1.82, 2.24) is 9.80 Å². The molecule has 0 aliphatic carbocycles. The molecule has 4 aliphatic heterocycles. The number of aliphatic imine (C=N–C) groups is 1. The van der Waals surface area contributed by atoms with Crippen LogP contribution in [-0.2, 0) is 16.1 Å². The summed E-state index contributed by atoms with van der Waals surface area (Å²) in [6, 6.07) is 12.8. The fourth-order valence-corrected chi connectivity index (χ4v) is 9.15. The van der Waals surface area contributed by atoms with Crippen molar-refractivity contribution in [3.63, 3.8) is 0 Å². The molecule has 0 spiro atoms. The number of aliphatic hydroxyl groups excluding tert-OH is 2. The van der Waals surface area contributed by atoms with Gasteiger partial charge in [-0.25, -0.2) is 9.69 Å². The Kier molecular flexibility index (Phi) is 16.0. The number of fused-ring (bicyclic) bond motifs is 4. The molecule has 7 rings (SSSR count). The quantitative estimate of drug-likeness (QED) is 0.0737. The van der Waals surface area contributed by atoms with E-state index >= 15 is 0 Å². The Bertz CT molecular complexity index is 2520. The lowest BCUT2D eigenvalue weighted by atomic mass is 9.69. The van der Waals surface area contributed by atoms with E-state index in [0.29, 0.717) is 66.4 Å². The van der Waals surface area contributed by atoms with Gasteiger partial charge < -0.3 is 53.7 Å². The van der Waals surface area contributed by atoms with Gasteiger partial charge in [0.15, 0.2) is 29.2 Å². The number of benzene rings is 3. The Morgan fingerprint density at radius 3 is 2.31 bits per heavy atom. The minimum atomic E-state index is -1.47. The predicted octanol–water partition coefficient (Wildman–Crippen LogP) is 7.82. The van der Waals surface area contributed by atoms with Gasteiger partial charge in [-0.3, -0.25) is 14.6 Å². The van der Waals surface area contributed by atoms with Gasteiger partial charge in [0.25, 0.3) is 11.8 Å². The smallest absolute Gasteiger partial charge is 0.416 e. The molecular formula is C53H68BN5O11. The molecule has 3 aromatic rings. The zero-order valence-corrected chi connectivity index (χ0v) is 41.8. The molecular weight excluding hydrogens is 893 g/mol. The number of anilines is 2. The van der Waals surface area contributed by atoms with E-state index in [1.165, 1.54) is 23.6 Å². The van der Waals surface area contributed by atoms with Crippen molar-refractivity contribution >= 4 is 54.3 Å². The molecule has 2 fully saturated rings. The van der Waals surface area contributed by atoms with Gasteiger partial charge in [-0.2, -0.15) is 0 Å². The van der Waals surface area contributed by atoms with Crippen LogP contribution in [0.1, 0.15) is 106 Å². The van der Waals surface area contributed by atoms with Crippen LogP contribution < -0.4 is 29.1 Å². The van der Waals surface area contributed by atoms with Crippen LogP contribution in [0.5, 0.6) is 23.0 Å². The van der Waals surface area contributed by atoms with Crippen LogP contribution in [0.4, 0.5) is 21.9 Å². The van der Waals surface area contributed by atoms with E-state index in [0.717, 1.165) is 29.7 Å². The van der Waals surface area contributed by atoms with Crippen molar-refractivity contribution < 1.29 is 53.1 Å². The second-order valence-electron chi connectivity index (χ2n) is 20.1. The maximum atomic E-state index is 14.2. The molecule has 0 aromatic heterocycles. The van der Waals surface area contributed by atoms with Gasteiger partial charge in [-0.1, -0.05) is 83.9 Å². The highest BCUT2D eigenvalue weighted by molar-refractivity contribution is 6.77. The number of ether oxygens (including phenoxy) is 5. The fourth-order valence-electron chi connectivity index (χ4n) is 9.15. The Labute approximate surface area is 411 Å². The molecule has 70 heavy (non-hydrogen) atoms. The molecule has 0 bridgehead atoms. The molecule has 0 saturated carbocycles. The van der Waals surface area contributed by atoms with Gasteiger partial charge >= 0.3 is 13.5 Å². The second kappa shape index (κ2) is 21.8. The second-order valence-corrected chi connectivity index (χ2v) is 20.1. The number of unbranched alkanes of at least 4 members (excludes halogenated alkanes) is 1. The number of nitrogens with one attached hydrogen (secondary N) is 1. The molecule has 17 heteroatoms. The summed E-state index contributed by atoms with van der Waals surface area (Å²) in [4.78, 5) is 64.0. The molecule has 374 valence electrons. The van der Waals surface area contributed by atoms with Gasteiger partial charge in [0, 0.05) is 54.6 Å². The molecule has 4 aliphatic rings. The highest BCUT2D eigenvalue weighted by atomic mass is 16.6. The first-order valence-corrected chi connectivity index (χ1v) is 24.2. The normalized spacial score (nSPS) is 19.7. The Morgan fingerprint density at radius 1 is 0.943 bits per heavy atom. The predicted molar refractivity (Wildman–Crippen MR) is 270 cm³/mol. The zero-order valence-electron chi connectivity index (χ0n) is 41.8. The SMILES string of the molecule is C=C1C[C@H]2[C@H](O)N(C(=O)OCc3ccc(NBC(=O)C(C)(C)CCO)cc3)c3cc(OCCC(C)C(C)(C)COc4cc5c(cc4OC)C(=O)N4C/C(=C/CCC)C[C@H]4C=N5)c(OC)cc3C(=O)N2C1. The molecule has 3 aromatic carbocycles. The van der Waals surface area contributed by atoms with E-state index in [2.05, 4.69) is 45.6 Å². The zero-order chi connectivity index (χ0) is 50.5. The summed E-state index contributed by atoms with van der Waals surface area (Å²) >= 11 is 0. The maximum absolute atomic E-state index is 14.2. The third kappa shape index (κ3) is 11.2. The number of hydrogen-bond acceptors (Lipinski definition) is 13. The fraction of sp³-hybridized carbons (Fsp3) is 0.491.